The van der Waals surface area contributed by atoms with Crippen LogP contribution < -0.4 is 4.74 Å². The van der Waals surface area contributed by atoms with E-state index >= 15 is 0 Å². The van der Waals surface area contributed by atoms with E-state index in [0.717, 1.165) is 63.7 Å². The Morgan fingerprint density at radius 2 is 1.65 bits per heavy atom. The molecule has 0 aliphatic heterocycles. The fourth-order valence-corrected chi connectivity index (χ4v) is 4.60. The predicted molar refractivity (Wildman–Crippen MR) is 90.4 cm³/mol. The molecule has 0 radical (unpaired) electrons. The van der Waals surface area contributed by atoms with Crippen molar-refractivity contribution < 1.29 is 27.0 Å². The molecule has 2 fully saturated rings. The Morgan fingerprint density at radius 1 is 1.00 bits per heavy atom. The molecule has 4 unspecified atom stereocenters. The fourth-order valence-electron chi connectivity index (χ4n) is 4.60. The van der Waals surface area contributed by atoms with Crippen molar-refractivity contribution in [3.05, 3.63) is 29.3 Å². The summed E-state index contributed by atoms with van der Waals surface area (Å²) in [6, 6.07) is 2.31. The fraction of sp³-hybridized carbons (Fsp3) is 0.700. The molecular weight excluding hydrogens is 348 g/mol. The molecule has 2 aliphatic carbocycles. The third-order valence-electron chi connectivity index (χ3n) is 5.82. The summed E-state index contributed by atoms with van der Waals surface area (Å²) >= 11 is 0. The van der Waals surface area contributed by atoms with Gasteiger partial charge in [-0.2, -0.15) is 8.78 Å². The summed E-state index contributed by atoms with van der Waals surface area (Å²) in [6.45, 7) is -0.339. The standard InChI is InChI=1S/C20H26F4O2/c1-2-7-25-16-6-5-12-8-13(3-4-14(12)9-16)15-10-17(21)19(18(22)11-15)26-20(23)24/h10-14,16,20H,2-9H2,1H3. The van der Waals surface area contributed by atoms with Crippen molar-refractivity contribution in [2.75, 3.05) is 6.61 Å². The Balaban J connectivity index is 1.64. The summed E-state index contributed by atoms with van der Waals surface area (Å²) in [5.41, 5.74) is 0.546. The highest BCUT2D eigenvalue weighted by Gasteiger charge is 2.36. The number of alkyl halides is 2. The van der Waals surface area contributed by atoms with E-state index in [4.69, 9.17) is 4.74 Å². The minimum absolute atomic E-state index is 0.0639. The minimum Gasteiger partial charge on any atom is -0.429 e. The highest BCUT2D eigenvalue weighted by molar-refractivity contribution is 5.33. The smallest absolute Gasteiger partial charge is 0.387 e. The van der Waals surface area contributed by atoms with Gasteiger partial charge in [-0.25, -0.2) is 8.78 Å². The Labute approximate surface area is 151 Å². The van der Waals surface area contributed by atoms with Gasteiger partial charge in [-0.05, 0) is 80.4 Å². The largest absolute Gasteiger partial charge is 0.429 e. The lowest BCUT2D eigenvalue weighted by Gasteiger charge is -2.42. The van der Waals surface area contributed by atoms with Gasteiger partial charge in [0.05, 0.1) is 6.10 Å². The molecule has 4 atom stereocenters. The number of benzene rings is 1. The molecule has 0 bridgehead atoms. The number of rotatable bonds is 6. The average Bonchev–Trinajstić information content (AvgIpc) is 2.62. The number of hydrogen-bond donors (Lipinski definition) is 0. The Hall–Kier alpha value is -1.30. The third-order valence-corrected chi connectivity index (χ3v) is 5.82. The molecule has 6 heteroatoms. The van der Waals surface area contributed by atoms with Crippen molar-refractivity contribution in [2.24, 2.45) is 11.8 Å². The summed E-state index contributed by atoms with van der Waals surface area (Å²) in [6.07, 6.45) is 7.31. The first-order valence-electron chi connectivity index (χ1n) is 9.53. The van der Waals surface area contributed by atoms with Crippen LogP contribution in [0.5, 0.6) is 5.75 Å². The Bertz CT molecular complexity index is 584. The lowest BCUT2D eigenvalue weighted by atomic mass is 9.65. The first-order chi connectivity index (χ1) is 12.5. The lowest BCUT2D eigenvalue weighted by molar-refractivity contribution is -0.0547. The van der Waals surface area contributed by atoms with Crippen molar-refractivity contribution in [3.8, 4) is 5.75 Å². The van der Waals surface area contributed by atoms with E-state index in [1.54, 1.807) is 0 Å². The van der Waals surface area contributed by atoms with Crippen LogP contribution in [-0.2, 0) is 4.74 Å². The van der Waals surface area contributed by atoms with Crippen molar-refractivity contribution in [1.82, 2.24) is 0 Å². The molecule has 0 amide bonds. The van der Waals surface area contributed by atoms with Gasteiger partial charge in [0.15, 0.2) is 17.4 Å². The number of ether oxygens (including phenoxy) is 2. The molecule has 0 spiro atoms. The number of fused-ring (bicyclic) bond motifs is 1. The van der Waals surface area contributed by atoms with E-state index in [1.165, 1.54) is 0 Å². The quantitative estimate of drug-likeness (QED) is 0.565. The maximum absolute atomic E-state index is 14.0. The first-order valence-corrected chi connectivity index (χ1v) is 9.53. The lowest BCUT2D eigenvalue weighted by Crippen LogP contribution is -2.34. The predicted octanol–water partition coefficient (Wildman–Crippen LogP) is 6.05. The molecule has 0 aromatic heterocycles. The van der Waals surface area contributed by atoms with E-state index in [1.807, 2.05) is 0 Å². The van der Waals surface area contributed by atoms with Crippen LogP contribution in [0.1, 0.15) is 63.4 Å². The van der Waals surface area contributed by atoms with Crippen LogP contribution in [-0.4, -0.2) is 19.3 Å². The van der Waals surface area contributed by atoms with E-state index in [-0.39, 0.29) is 5.92 Å². The summed E-state index contributed by atoms with van der Waals surface area (Å²) < 4.78 is 62.4. The van der Waals surface area contributed by atoms with E-state index in [9.17, 15) is 17.6 Å². The summed E-state index contributed by atoms with van der Waals surface area (Å²) in [5.74, 6) is -1.89. The summed E-state index contributed by atoms with van der Waals surface area (Å²) in [7, 11) is 0. The second-order valence-corrected chi connectivity index (χ2v) is 7.53. The molecule has 0 saturated heterocycles. The molecule has 3 rings (SSSR count). The van der Waals surface area contributed by atoms with Gasteiger partial charge >= 0.3 is 6.61 Å². The Kier molecular flexibility index (Phi) is 6.43. The zero-order valence-corrected chi connectivity index (χ0v) is 15.0. The second-order valence-electron chi connectivity index (χ2n) is 7.53. The third kappa shape index (κ3) is 4.51. The van der Waals surface area contributed by atoms with E-state index < -0.39 is 24.0 Å². The highest BCUT2D eigenvalue weighted by Crippen LogP contribution is 2.47. The van der Waals surface area contributed by atoms with Gasteiger partial charge in [-0.1, -0.05) is 6.92 Å². The number of hydrogen-bond acceptors (Lipinski definition) is 2. The van der Waals surface area contributed by atoms with Gasteiger partial charge in [-0.15, -0.1) is 0 Å². The van der Waals surface area contributed by atoms with Gasteiger partial charge in [-0.3, -0.25) is 0 Å². The maximum atomic E-state index is 14.0. The maximum Gasteiger partial charge on any atom is 0.387 e. The van der Waals surface area contributed by atoms with Gasteiger partial charge in [0, 0.05) is 6.61 Å². The zero-order chi connectivity index (χ0) is 18.7. The molecule has 26 heavy (non-hydrogen) atoms. The van der Waals surface area contributed by atoms with Gasteiger partial charge in [0.1, 0.15) is 0 Å². The Morgan fingerprint density at radius 3 is 2.31 bits per heavy atom. The zero-order valence-electron chi connectivity index (χ0n) is 15.0. The topological polar surface area (TPSA) is 18.5 Å². The molecule has 2 nitrogen and oxygen atoms in total. The van der Waals surface area contributed by atoms with Crippen LogP contribution in [0.3, 0.4) is 0 Å². The number of halogens is 4. The minimum atomic E-state index is -3.24. The molecule has 146 valence electrons. The highest BCUT2D eigenvalue weighted by atomic mass is 19.3. The summed E-state index contributed by atoms with van der Waals surface area (Å²) in [5, 5.41) is 0. The van der Waals surface area contributed by atoms with Gasteiger partial charge < -0.3 is 9.47 Å². The SMILES string of the molecule is CCCOC1CCC2CC(c3cc(F)c(OC(F)F)c(F)c3)CCC2C1. The molecule has 1 aromatic rings. The molecule has 2 aliphatic rings. The van der Waals surface area contributed by atoms with Crippen molar-refractivity contribution in [2.45, 2.75) is 70.5 Å². The average molecular weight is 374 g/mol. The molecule has 2 saturated carbocycles. The van der Waals surface area contributed by atoms with Crippen molar-refractivity contribution >= 4 is 0 Å². The monoisotopic (exact) mass is 374 g/mol. The van der Waals surface area contributed by atoms with E-state index in [0.29, 0.717) is 23.5 Å². The van der Waals surface area contributed by atoms with Crippen LogP contribution in [0.4, 0.5) is 17.6 Å². The van der Waals surface area contributed by atoms with Crippen molar-refractivity contribution in [3.63, 3.8) is 0 Å². The van der Waals surface area contributed by atoms with Crippen molar-refractivity contribution in [1.29, 1.82) is 0 Å². The second kappa shape index (κ2) is 8.59. The molecular formula is C20H26F4O2. The van der Waals surface area contributed by atoms with Crippen LogP contribution in [0, 0.1) is 23.5 Å². The van der Waals surface area contributed by atoms with Gasteiger partial charge in [0.2, 0.25) is 0 Å². The molecule has 0 N–H and O–H groups in total. The van der Waals surface area contributed by atoms with Crippen LogP contribution in [0.15, 0.2) is 12.1 Å². The van der Waals surface area contributed by atoms with Gasteiger partial charge in [0.25, 0.3) is 0 Å². The normalized spacial score (nSPS) is 28.8. The van der Waals surface area contributed by atoms with Crippen LogP contribution in [0.25, 0.3) is 0 Å². The summed E-state index contributed by atoms with van der Waals surface area (Å²) in [4.78, 5) is 0. The van der Waals surface area contributed by atoms with Crippen LogP contribution in [0.2, 0.25) is 0 Å². The molecule has 0 heterocycles. The van der Waals surface area contributed by atoms with Crippen LogP contribution >= 0.6 is 0 Å². The molecule has 1 aromatic carbocycles. The van der Waals surface area contributed by atoms with E-state index in [2.05, 4.69) is 11.7 Å². The first kappa shape index (κ1) is 19.5.